The summed E-state index contributed by atoms with van der Waals surface area (Å²) in [6.45, 7) is 6.40. The van der Waals surface area contributed by atoms with Gasteiger partial charge in [-0.25, -0.2) is 0 Å². The monoisotopic (exact) mass is 922 g/mol. The Balaban J connectivity index is 4.64. The molecule has 0 aromatic heterocycles. The van der Waals surface area contributed by atoms with Gasteiger partial charge < -0.3 is 20.3 Å². The average molecular weight is 923 g/mol. The van der Waals surface area contributed by atoms with Crippen LogP contribution in [-0.2, 0) is 14.3 Å². The number of rotatable bonds is 50. The Morgan fingerprint density at radius 3 is 1.29 bits per heavy atom. The Hall–Kier alpha value is -2.70. The third-order valence-electron chi connectivity index (χ3n) is 12.6. The Morgan fingerprint density at radius 1 is 0.439 bits per heavy atom. The molecule has 0 spiro atoms. The second-order valence-electron chi connectivity index (χ2n) is 19.1. The van der Waals surface area contributed by atoms with Crippen molar-refractivity contribution in [2.75, 3.05) is 6.61 Å². The molecule has 0 saturated carbocycles. The van der Waals surface area contributed by atoms with Crippen LogP contribution in [0.5, 0.6) is 0 Å². The maximum absolute atomic E-state index is 13.3. The molecule has 0 saturated heterocycles. The maximum Gasteiger partial charge on any atom is 0.306 e. The summed E-state index contributed by atoms with van der Waals surface area (Å²) in [4.78, 5) is 26.2. The molecule has 0 bridgehead atoms. The Morgan fingerprint density at radius 2 is 0.818 bits per heavy atom. The Bertz CT molecular complexity index is 1220. The largest absolute Gasteiger partial charge is 0.462 e. The number of esters is 1. The van der Waals surface area contributed by atoms with Crippen LogP contribution in [0.25, 0.3) is 0 Å². The number of aliphatic hydroxyl groups excluding tert-OH is 2. The second-order valence-corrected chi connectivity index (χ2v) is 19.1. The lowest BCUT2D eigenvalue weighted by molar-refractivity contribution is -0.151. The molecule has 0 aromatic carbocycles. The summed E-state index contributed by atoms with van der Waals surface area (Å²) in [5.41, 5.74) is 0. The summed E-state index contributed by atoms with van der Waals surface area (Å²) >= 11 is 0. The summed E-state index contributed by atoms with van der Waals surface area (Å²) in [7, 11) is 0. The molecule has 3 atom stereocenters. The lowest BCUT2D eigenvalue weighted by atomic mass is 10.0. The molecule has 0 aliphatic rings. The maximum atomic E-state index is 13.3. The highest BCUT2D eigenvalue weighted by molar-refractivity contribution is 5.77. The van der Waals surface area contributed by atoms with E-state index in [1.807, 2.05) is 36.5 Å². The van der Waals surface area contributed by atoms with E-state index in [4.69, 9.17) is 4.74 Å². The number of unbranched alkanes of at least 4 members (excludes halogenated alkanes) is 30. The number of nitrogens with one attached hydrogen (secondary N) is 1. The first kappa shape index (κ1) is 63.3. The van der Waals surface area contributed by atoms with E-state index in [1.54, 1.807) is 0 Å². The second kappa shape index (κ2) is 53.3. The molecular weight excluding hydrogens is 815 g/mol. The van der Waals surface area contributed by atoms with Gasteiger partial charge in [-0.1, -0.05) is 261 Å². The SMILES string of the molecule is CCC/C=C/C=C/C=C/C=C/C=C/CCCCCC(CC(=O)NC(CO)C(O)CCCCCCCCCCCCCCCCCCC)OC(=O)CCCCC/C=C\CCCCCCCCC. The predicted molar refractivity (Wildman–Crippen MR) is 287 cm³/mol. The normalized spacial score (nSPS) is 13.7. The molecule has 6 heteroatoms. The number of aliphatic hydroxyl groups is 2. The standard InChI is InChI=1S/C60H107NO5/c1-4-7-10-13-16-19-22-25-28-30-32-34-37-40-43-46-49-52-58(63)57(55-62)61-59(64)54-56(51-48-45-42-39-36-33-31-29-26-23-20-17-14-11-8-5-2)66-60(65)53-50-47-44-41-38-35-27-24-21-18-15-12-9-6-3/h11,14,17,20,23,26,29,31,33,35-36,38,56-58,62-63H,4-10,12-13,15-16,18-19,21-22,24-25,27-28,30,32,34,37,39-55H2,1-3H3,(H,61,64)/b14-11+,20-17+,26-23+,31-29+,36-33+,38-35-. The first-order chi connectivity index (χ1) is 32.5. The molecule has 66 heavy (non-hydrogen) atoms. The van der Waals surface area contributed by atoms with Crippen LogP contribution in [0.4, 0.5) is 0 Å². The van der Waals surface area contributed by atoms with Gasteiger partial charge in [-0.2, -0.15) is 0 Å². The number of amides is 1. The van der Waals surface area contributed by atoms with E-state index in [2.05, 4.69) is 62.5 Å². The van der Waals surface area contributed by atoms with Gasteiger partial charge in [0.2, 0.25) is 5.91 Å². The van der Waals surface area contributed by atoms with Crippen molar-refractivity contribution < 1.29 is 24.5 Å². The first-order valence-electron chi connectivity index (χ1n) is 28.2. The molecular formula is C60H107NO5. The summed E-state index contributed by atoms with van der Waals surface area (Å²) in [5.74, 6) is -0.532. The van der Waals surface area contributed by atoms with E-state index in [0.29, 0.717) is 19.3 Å². The molecule has 0 heterocycles. The highest BCUT2D eigenvalue weighted by atomic mass is 16.5. The first-order valence-corrected chi connectivity index (χ1v) is 28.2. The van der Waals surface area contributed by atoms with Crippen LogP contribution >= 0.6 is 0 Å². The molecule has 3 unspecified atom stereocenters. The van der Waals surface area contributed by atoms with E-state index in [0.717, 1.165) is 83.5 Å². The highest BCUT2D eigenvalue weighted by Gasteiger charge is 2.24. The van der Waals surface area contributed by atoms with Crippen molar-refractivity contribution >= 4 is 11.9 Å². The Labute approximate surface area is 409 Å². The van der Waals surface area contributed by atoms with E-state index >= 15 is 0 Å². The van der Waals surface area contributed by atoms with Crippen LogP contribution in [0.2, 0.25) is 0 Å². The lowest BCUT2D eigenvalue weighted by Crippen LogP contribution is -2.46. The zero-order valence-corrected chi connectivity index (χ0v) is 43.6. The van der Waals surface area contributed by atoms with Crippen LogP contribution in [0.15, 0.2) is 72.9 Å². The van der Waals surface area contributed by atoms with Gasteiger partial charge in [0, 0.05) is 6.42 Å². The van der Waals surface area contributed by atoms with E-state index in [-0.39, 0.29) is 24.9 Å². The number of hydrogen-bond acceptors (Lipinski definition) is 5. The minimum Gasteiger partial charge on any atom is -0.462 e. The van der Waals surface area contributed by atoms with Crippen LogP contribution in [0.3, 0.4) is 0 Å². The van der Waals surface area contributed by atoms with Gasteiger partial charge in [-0.15, -0.1) is 0 Å². The summed E-state index contributed by atoms with van der Waals surface area (Å²) in [6, 6.07) is -0.722. The minimum atomic E-state index is -0.806. The van der Waals surface area contributed by atoms with Crippen molar-refractivity contribution in [2.45, 2.75) is 289 Å². The zero-order chi connectivity index (χ0) is 48.1. The third kappa shape index (κ3) is 47.8. The Kier molecular flexibility index (Phi) is 51.1. The molecule has 3 N–H and O–H groups in total. The molecule has 0 aromatic rings. The number of carbonyl (C=O) groups excluding carboxylic acids is 2. The quantitative estimate of drug-likeness (QED) is 0.0244. The molecule has 0 aliphatic heterocycles. The number of hydrogen-bond donors (Lipinski definition) is 3. The van der Waals surface area contributed by atoms with Crippen molar-refractivity contribution in [3.8, 4) is 0 Å². The average Bonchev–Trinajstić information content (AvgIpc) is 3.31. The zero-order valence-electron chi connectivity index (χ0n) is 43.6. The molecule has 0 radical (unpaired) electrons. The van der Waals surface area contributed by atoms with Crippen LogP contribution in [0, 0.1) is 0 Å². The molecule has 1 amide bonds. The van der Waals surface area contributed by atoms with Gasteiger partial charge in [-0.05, 0) is 70.6 Å². The van der Waals surface area contributed by atoms with Crippen LogP contribution in [0.1, 0.15) is 271 Å². The third-order valence-corrected chi connectivity index (χ3v) is 12.6. The summed E-state index contributed by atoms with van der Waals surface area (Å²) in [5, 5.41) is 23.9. The van der Waals surface area contributed by atoms with Gasteiger partial charge in [0.25, 0.3) is 0 Å². The van der Waals surface area contributed by atoms with Gasteiger partial charge >= 0.3 is 5.97 Å². The number of allylic oxidation sites excluding steroid dienone is 12. The highest BCUT2D eigenvalue weighted by Crippen LogP contribution is 2.18. The number of carbonyl (C=O) groups is 2. The van der Waals surface area contributed by atoms with Crippen molar-refractivity contribution in [1.29, 1.82) is 0 Å². The lowest BCUT2D eigenvalue weighted by Gasteiger charge is -2.24. The van der Waals surface area contributed by atoms with Crippen molar-refractivity contribution in [1.82, 2.24) is 5.32 Å². The fraction of sp³-hybridized carbons (Fsp3) is 0.767. The summed E-state index contributed by atoms with van der Waals surface area (Å²) in [6.07, 6.45) is 68.2. The predicted octanol–water partition coefficient (Wildman–Crippen LogP) is 17.3. The van der Waals surface area contributed by atoms with Gasteiger partial charge in [-0.3, -0.25) is 9.59 Å². The topological polar surface area (TPSA) is 95.9 Å². The van der Waals surface area contributed by atoms with Crippen LogP contribution < -0.4 is 5.32 Å². The molecule has 0 rings (SSSR count). The fourth-order valence-electron chi connectivity index (χ4n) is 8.34. The summed E-state index contributed by atoms with van der Waals surface area (Å²) < 4.78 is 5.92. The molecule has 0 fully saturated rings. The van der Waals surface area contributed by atoms with E-state index < -0.39 is 18.2 Å². The smallest absolute Gasteiger partial charge is 0.306 e. The van der Waals surface area contributed by atoms with E-state index in [1.165, 1.54) is 141 Å². The van der Waals surface area contributed by atoms with Crippen molar-refractivity contribution in [3.63, 3.8) is 0 Å². The van der Waals surface area contributed by atoms with Gasteiger partial charge in [0.05, 0.1) is 25.2 Å². The minimum absolute atomic E-state index is 0.0417. The van der Waals surface area contributed by atoms with Crippen molar-refractivity contribution in [2.24, 2.45) is 0 Å². The fourth-order valence-corrected chi connectivity index (χ4v) is 8.34. The van der Waals surface area contributed by atoms with Crippen LogP contribution in [-0.4, -0.2) is 46.9 Å². The molecule has 0 aliphatic carbocycles. The van der Waals surface area contributed by atoms with Gasteiger partial charge in [0.15, 0.2) is 0 Å². The molecule has 382 valence electrons. The molecule has 6 nitrogen and oxygen atoms in total. The van der Waals surface area contributed by atoms with Crippen molar-refractivity contribution in [3.05, 3.63) is 72.9 Å². The van der Waals surface area contributed by atoms with E-state index in [9.17, 15) is 19.8 Å². The van der Waals surface area contributed by atoms with Gasteiger partial charge in [0.1, 0.15) is 6.10 Å². The number of ether oxygens (including phenoxy) is 1.